The molecule has 4 atom stereocenters. The molecule has 3 aromatic rings. The third-order valence-corrected chi connectivity index (χ3v) is 8.11. The summed E-state index contributed by atoms with van der Waals surface area (Å²) in [5.41, 5.74) is -0.664. The fourth-order valence-electron chi connectivity index (χ4n) is 6.46. The lowest BCUT2D eigenvalue weighted by molar-refractivity contribution is -0.147. The molecule has 0 aromatic heterocycles. The van der Waals surface area contributed by atoms with E-state index in [0.29, 0.717) is 53.4 Å². The summed E-state index contributed by atoms with van der Waals surface area (Å²) in [5, 5.41) is 12.1. The van der Waals surface area contributed by atoms with Gasteiger partial charge in [-0.25, -0.2) is 4.90 Å². The summed E-state index contributed by atoms with van der Waals surface area (Å²) in [6.45, 7) is 2.11. The number of nitrogens with zero attached hydrogens (tertiary/aromatic N) is 3. The SMILES string of the molecule is C[C@]12CC[C@](CCN(C=O)Oc3ccccc3)(O1)[C@@H]1C(=O)N(c3ccc(C#N)c4ccccc34)C(=O)[C@@H]12. The molecule has 0 unspecified atom stereocenters. The third-order valence-electron chi connectivity index (χ3n) is 8.11. The van der Waals surface area contributed by atoms with Gasteiger partial charge in [-0.3, -0.25) is 14.4 Å². The van der Waals surface area contributed by atoms with Gasteiger partial charge in [0, 0.05) is 10.8 Å². The van der Waals surface area contributed by atoms with Gasteiger partial charge in [-0.1, -0.05) is 42.5 Å². The second kappa shape index (κ2) is 8.43. The van der Waals surface area contributed by atoms with Gasteiger partial charge < -0.3 is 9.57 Å². The van der Waals surface area contributed by atoms with Gasteiger partial charge in [0.25, 0.3) is 0 Å². The minimum absolute atomic E-state index is 0.207. The molecular formula is C29H25N3O5. The van der Waals surface area contributed by atoms with Crippen LogP contribution >= 0.6 is 0 Å². The summed E-state index contributed by atoms with van der Waals surface area (Å²) >= 11 is 0. The number of amides is 3. The Labute approximate surface area is 213 Å². The van der Waals surface area contributed by atoms with Gasteiger partial charge in [0.05, 0.1) is 46.9 Å². The van der Waals surface area contributed by atoms with Crippen LogP contribution in [0.5, 0.6) is 5.75 Å². The summed E-state index contributed by atoms with van der Waals surface area (Å²) in [7, 11) is 0. The zero-order valence-electron chi connectivity index (χ0n) is 20.3. The average Bonchev–Trinajstić information content (AvgIpc) is 3.51. The predicted octanol–water partition coefficient (Wildman–Crippen LogP) is 3.98. The highest BCUT2D eigenvalue weighted by atomic mass is 16.7. The second-order valence-corrected chi connectivity index (χ2v) is 10.1. The van der Waals surface area contributed by atoms with Crippen molar-refractivity contribution in [3.8, 4) is 11.8 Å². The van der Waals surface area contributed by atoms with Crippen molar-refractivity contribution in [1.82, 2.24) is 5.06 Å². The van der Waals surface area contributed by atoms with Crippen molar-refractivity contribution < 1.29 is 24.0 Å². The number of anilines is 1. The molecule has 8 nitrogen and oxygen atoms in total. The molecule has 3 saturated heterocycles. The van der Waals surface area contributed by atoms with Crippen LogP contribution in [0.25, 0.3) is 10.8 Å². The van der Waals surface area contributed by atoms with E-state index in [0.717, 1.165) is 0 Å². The van der Waals surface area contributed by atoms with E-state index in [1.165, 1.54) is 9.96 Å². The molecule has 3 heterocycles. The molecule has 186 valence electrons. The van der Waals surface area contributed by atoms with Crippen LogP contribution in [0.4, 0.5) is 5.69 Å². The molecule has 8 heteroatoms. The highest BCUT2D eigenvalue weighted by molar-refractivity contribution is 6.26. The predicted molar refractivity (Wildman–Crippen MR) is 134 cm³/mol. The molecule has 0 N–H and O–H groups in total. The number of carbonyl (C=O) groups is 3. The van der Waals surface area contributed by atoms with Crippen molar-refractivity contribution in [3.63, 3.8) is 0 Å². The number of nitriles is 1. The van der Waals surface area contributed by atoms with Crippen LogP contribution < -0.4 is 9.74 Å². The molecule has 0 aliphatic carbocycles. The number of hydroxylamine groups is 2. The van der Waals surface area contributed by atoms with Crippen molar-refractivity contribution in [2.45, 2.75) is 37.4 Å². The maximum atomic E-state index is 14.0. The van der Waals surface area contributed by atoms with E-state index >= 15 is 0 Å². The first-order valence-corrected chi connectivity index (χ1v) is 12.4. The molecular weight excluding hydrogens is 470 g/mol. The van der Waals surface area contributed by atoms with Gasteiger partial charge in [-0.2, -0.15) is 10.3 Å². The van der Waals surface area contributed by atoms with E-state index in [4.69, 9.17) is 9.57 Å². The van der Waals surface area contributed by atoms with Crippen LogP contribution in [-0.4, -0.2) is 41.0 Å². The molecule has 3 fully saturated rings. The molecule has 37 heavy (non-hydrogen) atoms. The molecule has 6 rings (SSSR count). The minimum Gasteiger partial charge on any atom is -0.377 e. The zero-order valence-corrected chi connectivity index (χ0v) is 20.3. The second-order valence-electron chi connectivity index (χ2n) is 10.1. The van der Waals surface area contributed by atoms with Crippen molar-refractivity contribution >= 4 is 34.7 Å². The number of para-hydroxylation sites is 1. The summed E-state index contributed by atoms with van der Waals surface area (Å²) in [6.07, 6.45) is 2.23. The van der Waals surface area contributed by atoms with E-state index in [1.54, 1.807) is 24.3 Å². The van der Waals surface area contributed by atoms with Crippen LogP contribution in [0.15, 0.2) is 66.7 Å². The van der Waals surface area contributed by atoms with Crippen LogP contribution in [0.3, 0.4) is 0 Å². The van der Waals surface area contributed by atoms with Crippen molar-refractivity contribution in [1.29, 1.82) is 5.26 Å². The highest BCUT2D eigenvalue weighted by Gasteiger charge is 2.73. The lowest BCUT2D eigenvalue weighted by atomic mass is 9.67. The van der Waals surface area contributed by atoms with E-state index in [2.05, 4.69) is 6.07 Å². The standard InChI is InChI=1S/C29H25N3O5/c1-28-13-14-29(37-28,15-16-31(18-33)36-20-7-3-2-4-8-20)25-24(28)26(34)32(27(25)35)23-12-11-19(17-30)21-9-5-6-10-22(21)23/h2-12,18,24-25H,13-16H2,1H3/t24-,25+,28-,29-/m1/s1. The van der Waals surface area contributed by atoms with Crippen LogP contribution in [0, 0.1) is 23.2 Å². The molecule has 3 aliphatic rings. The highest BCUT2D eigenvalue weighted by Crippen LogP contribution is 2.62. The average molecular weight is 496 g/mol. The fraction of sp³-hybridized carbons (Fsp3) is 0.310. The third kappa shape index (κ3) is 3.42. The summed E-state index contributed by atoms with van der Waals surface area (Å²) in [5.74, 6) is -1.31. The van der Waals surface area contributed by atoms with Gasteiger partial charge in [-0.15, -0.1) is 0 Å². The number of rotatable bonds is 7. The van der Waals surface area contributed by atoms with E-state index < -0.39 is 23.0 Å². The Hall–Kier alpha value is -4.22. The monoisotopic (exact) mass is 495 g/mol. The van der Waals surface area contributed by atoms with Crippen LogP contribution in [-0.2, 0) is 19.1 Å². The van der Waals surface area contributed by atoms with Gasteiger partial charge >= 0.3 is 0 Å². The normalized spacial score (nSPS) is 27.8. The van der Waals surface area contributed by atoms with Gasteiger partial charge in [0.15, 0.2) is 5.75 Å². The van der Waals surface area contributed by atoms with Crippen molar-refractivity contribution in [2.24, 2.45) is 11.8 Å². The summed E-state index contributed by atoms with van der Waals surface area (Å²) in [6, 6.07) is 21.8. The number of fused-ring (bicyclic) bond motifs is 6. The van der Waals surface area contributed by atoms with Crippen LogP contribution in [0.2, 0.25) is 0 Å². The van der Waals surface area contributed by atoms with Crippen LogP contribution in [0.1, 0.15) is 31.7 Å². The molecule has 3 amide bonds. The van der Waals surface area contributed by atoms with Crippen molar-refractivity contribution in [2.75, 3.05) is 11.4 Å². The Kier molecular flexibility index (Phi) is 5.28. The van der Waals surface area contributed by atoms with Gasteiger partial charge in [0.1, 0.15) is 0 Å². The first kappa shape index (κ1) is 23.2. The Bertz CT molecular complexity index is 1470. The Morgan fingerprint density at radius 1 is 1.03 bits per heavy atom. The largest absolute Gasteiger partial charge is 0.377 e. The Balaban J connectivity index is 1.32. The number of hydrogen-bond donors (Lipinski definition) is 0. The van der Waals surface area contributed by atoms with Crippen molar-refractivity contribution in [3.05, 3.63) is 72.3 Å². The maximum absolute atomic E-state index is 14.0. The fourth-order valence-corrected chi connectivity index (χ4v) is 6.46. The first-order chi connectivity index (χ1) is 17.9. The Morgan fingerprint density at radius 3 is 2.46 bits per heavy atom. The van der Waals surface area contributed by atoms with E-state index in [1.807, 2.05) is 49.4 Å². The number of carbonyl (C=O) groups excluding carboxylic acids is 3. The smallest absolute Gasteiger partial charge is 0.242 e. The molecule has 2 bridgehead atoms. The number of ether oxygens (including phenoxy) is 1. The zero-order chi connectivity index (χ0) is 25.8. The first-order valence-electron chi connectivity index (χ1n) is 12.4. The molecule has 3 aromatic carbocycles. The Morgan fingerprint density at radius 2 is 1.73 bits per heavy atom. The number of imide groups is 1. The van der Waals surface area contributed by atoms with E-state index in [-0.39, 0.29) is 18.4 Å². The van der Waals surface area contributed by atoms with E-state index in [9.17, 15) is 19.6 Å². The summed E-state index contributed by atoms with van der Waals surface area (Å²) in [4.78, 5) is 46.5. The molecule has 0 radical (unpaired) electrons. The minimum atomic E-state index is -0.870. The molecule has 3 aliphatic heterocycles. The molecule has 0 spiro atoms. The lowest BCUT2D eigenvalue weighted by Gasteiger charge is -2.32. The molecule has 0 saturated carbocycles. The van der Waals surface area contributed by atoms with Gasteiger partial charge in [0.2, 0.25) is 18.2 Å². The lowest BCUT2D eigenvalue weighted by Crippen LogP contribution is -2.44. The maximum Gasteiger partial charge on any atom is 0.242 e. The topological polar surface area (TPSA) is 99.9 Å². The number of benzene rings is 3. The quantitative estimate of drug-likeness (QED) is 0.279. The summed E-state index contributed by atoms with van der Waals surface area (Å²) < 4.78 is 6.50. The number of hydrogen-bond acceptors (Lipinski definition) is 6. The van der Waals surface area contributed by atoms with Gasteiger partial charge in [-0.05, 0) is 50.5 Å².